The van der Waals surface area contributed by atoms with Gasteiger partial charge >= 0.3 is 0 Å². The molecule has 0 unspecified atom stereocenters. The van der Waals surface area contributed by atoms with Crippen molar-refractivity contribution in [2.75, 3.05) is 18.8 Å². The maximum absolute atomic E-state index is 13.7. The van der Waals surface area contributed by atoms with Gasteiger partial charge in [-0.25, -0.2) is 8.42 Å². The highest BCUT2D eigenvalue weighted by molar-refractivity contribution is 7.92. The molecule has 1 fully saturated rings. The fourth-order valence-corrected chi connectivity index (χ4v) is 7.12. The number of amides is 2. The highest BCUT2D eigenvalue weighted by Crippen LogP contribution is 2.40. The van der Waals surface area contributed by atoms with Gasteiger partial charge in [-0.2, -0.15) is 0 Å². The Labute approximate surface area is 253 Å². The molecule has 0 radical (unpaired) electrons. The molecule has 11 heteroatoms. The van der Waals surface area contributed by atoms with Gasteiger partial charge in [0.25, 0.3) is 21.8 Å². The molecule has 1 aliphatic carbocycles. The van der Waals surface area contributed by atoms with Crippen LogP contribution in [0.2, 0.25) is 0 Å². The lowest BCUT2D eigenvalue weighted by Crippen LogP contribution is -2.40. The second-order valence-corrected chi connectivity index (χ2v) is 13.3. The van der Waals surface area contributed by atoms with Crippen molar-refractivity contribution < 1.29 is 22.5 Å². The fraction of sp³-hybridized carbons (Fsp3) is 0.438. The van der Waals surface area contributed by atoms with Crippen molar-refractivity contribution in [3.63, 3.8) is 0 Å². The van der Waals surface area contributed by atoms with Gasteiger partial charge in [-0.3, -0.25) is 24.2 Å². The quantitative estimate of drug-likeness (QED) is 0.316. The molecule has 0 saturated heterocycles. The molecule has 3 aromatic rings. The number of anilines is 1. The van der Waals surface area contributed by atoms with Crippen LogP contribution in [-0.4, -0.2) is 60.7 Å². The van der Waals surface area contributed by atoms with E-state index in [1.165, 1.54) is 11.0 Å². The molecule has 0 atom stereocenters. The molecule has 5 rings (SSSR count). The van der Waals surface area contributed by atoms with Crippen molar-refractivity contribution in [1.29, 1.82) is 0 Å². The molecule has 0 bridgehead atoms. The van der Waals surface area contributed by atoms with Crippen molar-refractivity contribution in [3.05, 3.63) is 64.9 Å². The van der Waals surface area contributed by atoms with Crippen LogP contribution in [0.3, 0.4) is 0 Å². The van der Waals surface area contributed by atoms with Crippen molar-refractivity contribution in [2.24, 2.45) is 4.99 Å². The van der Waals surface area contributed by atoms with Crippen molar-refractivity contribution in [2.45, 2.75) is 82.7 Å². The van der Waals surface area contributed by atoms with E-state index in [1.807, 2.05) is 6.07 Å². The number of nitrogens with one attached hydrogen (secondary N) is 1. The predicted octanol–water partition coefficient (Wildman–Crippen LogP) is 5.70. The molecule has 1 N–H and O–H groups in total. The number of unbranched alkanes of at least 4 members (excludes halogenated alkanes) is 1. The van der Waals surface area contributed by atoms with E-state index in [4.69, 9.17) is 9.52 Å². The Morgan fingerprint density at radius 2 is 1.81 bits per heavy atom. The summed E-state index contributed by atoms with van der Waals surface area (Å²) in [5.74, 6) is 1.21. The molecule has 1 saturated carbocycles. The minimum atomic E-state index is -4.10. The smallest absolute Gasteiger partial charge is 0.263 e. The topological polar surface area (TPSA) is 125 Å². The molecule has 2 aromatic carbocycles. The summed E-state index contributed by atoms with van der Waals surface area (Å²) in [5, 5.41) is 3.85. The number of aryl methyl sites for hydroxylation is 1. The normalized spacial score (nSPS) is 16.2. The minimum absolute atomic E-state index is 0.00231. The molecule has 10 nitrogen and oxygen atoms in total. The van der Waals surface area contributed by atoms with Crippen LogP contribution in [0.25, 0.3) is 11.1 Å². The van der Waals surface area contributed by atoms with E-state index < -0.39 is 15.6 Å². The maximum Gasteiger partial charge on any atom is 0.263 e. The van der Waals surface area contributed by atoms with E-state index in [1.54, 1.807) is 63.2 Å². The first-order chi connectivity index (χ1) is 20.5. The predicted molar refractivity (Wildman–Crippen MR) is 165 cm³/mol. The Bertz CT molecular complexity index is 1690. The summed E-state index contributed by atoms with van der Waals surface area (Å²) >= 11 is 0. The highest BCUT2D eigenvalue weighted by atomic mass is 32.2. The van der Waals surface area contributed by atoms with E-state index in [0.717, 1.165) is 56.3 Å². The molecule has 1 aliphatic heterocycles. The van der Waals surface area contributed by atoms with Crippen molar-refractivity contribution in [3.8, 4) is 11.1 Å². The van der Waals surface area contributed by atoms with E-state index in [2.05, 4.69) is 16.8 Å². The first-order valence-corrected chi connectivity index (χ1v) is 16.3. The van der Waals surface area contributed by atoms with E-state index in [0.29, 0.717) is 34.6 Å². The third-order valence-electron chi connectivity index (χ3n) is 8.40. The van der Waals surface area contributed by atoms with Gasteiger partial charge in [0.2, 0.25) is 0 Å². The lowest BCUT2D eigenvalue weighted by molar-refractivity contribution is -0.131. The van der Waals surface area contributed by atoms with Crippen LogP contribution in [0.4, 0.5) is 5.82 Å². The van der Waals surface area contributed by atoms with Gasteiger partial charge in [0.05, 0.1) is 11.4 Å². The van der Waals surface area contributed by atoms with Crippen LogP contribution in [0, 0.1) is 13.8 Å². The molecular weight excluding hydrogens is 566 g/mol. The van der Waals surface area contributed by atoms with E-state index in [-0.39, 0.29) is 22.5 Å². The van der Waals surface area contributed by atoms with Crippen LogP contribution in [-0.2, 0) is 21.4 Å². The third-order valence-corrected chi connectivity index (χ3v) is 9.80. The lowest BCUT2D eigenvalue weighted by Gasteiger charge is -2.24. The molecule has 228 valence electrons. The number of carbonyl (C=O) groups is 2. The molecule has 1 aromatic heterocycles. The second kappa shape index (κ2) is 11.9. The Morgan fingerprint density at radius 1 is 1.09 bits per heavy atom. The van der Waals surface area contributed by atoms with Gasteiger partial charge in [-0.15, -0.1) is 0 Å². The zero-order chi connectivity index (χ0) is 30.9. The van der Waals surface area contributed by atoms with Crippen molar-refractivity contribution >= 4 is 33.5 Å². The molecule has 1 spiro atoms. The Hall–Kier alpha value is -3.99. The van der Waals surface area contributed by atoms with Crippen LogP contribution >= 0.6 is 0 Å². The lowest BCUT2D eigenvalue weighted by atomic mass is 9.95. The van der Waals surface area contributed by atoms with Crippen LogP contribution < -0.4 is 4.72 Å². The van der Waals surface area contributed by atoms with Gasteiger partial charge in [0.15, 0.2) is 5.82 Å². The summed E-state index contributed by atoms with van der Waals surface area (Å²) in [4.78, 5) is 35.5. The van der Waals surface area contributed by atoms with Gasteiger partial charge in [-0.1, -0.05) is 61.7 Å². The van der Waals surface area contributed by atoms with Crippen LogP contribution in [0.1, 0.15) is 79.1 Å². The largest absolute Gasteiger partial charge is 0.359 e. The zero-order valence-electron chi connectivity index (χ0n) is 25.4. The van der Waals surface area contributed by atoms with Gasteiger partial charge in [0.1, 0.15) is 17.1 Å². The summed E-state index contributed by atoms with van der Waals surface area (Å²) in [6.45, 7) is 5.84. The summed E-state index contributed by atoms with van der Waals surface area (Å²) in [5.41, 5.74) is 1.90. The first-order valence-electron chi connectivity index (χ1n) is 14.8. The standard InChI is InChI=1S/C32H39N5O5S/c1-6-7-14-28-33-32(17-10-11-18-32)31(39)37(28)20-23-15-16-24(26(19-23)30(38)36(4)5)25-12-8-9-13-27(25)43(40,41)35-29-21(2)22(3)42-34-29/h8-9,12-13,15-16,19H,6-7,10-11,14,17-18,20H2,1-5H3,(H,34,35). The fourth-order valence-electron chi connectivity index (χ4n) is 5.84. The number of hydrogen-bond acceptors (Lipinski definition) is 7. The Kier molecular flexibility index (Phi) is 8.47. The SMILES string of the molecule is CCCCC1=NC2(CCCC2)C(=O)N1Cc1ccc(-c2ccccc2S(=O)(=O)Nc2noc(C)c2C)c(C(=O)N(C)C)c1. The molecular formula is C32H39N5O5S. The number of nitrogens with zero attached hydrogens (tertiary/aromatic N) is 4. The van der Waals surface area contributed by atoms with Gasteiger partial charge in [0, 0.05) is 37.2 Å². The molecule has 2 amide bonds. The number of rotatable bonds is 10. The average molecular weight is 606 g/mol. The second-order valence-electron chi connectivity index (χ2n) is 11.7. The third kappa shape index (κ3) is 5.82. The monoisotopic (exact) mass is 605 g/mol. The van der Waals surface area contributed by atoms with Crippen molar-refractivity contribution in [1.82, 2.24) is 15.0 Å². The number of hydrogen-bond donors (Lipinski definition) is 1. The van der Waals surface area contributed by atoms with Crippen LogP contribution in [0.15, 0.2) is 56.9 Å². The van der Waals surface area contributed by atoms with Gasteiger partial charge in [-0.05, 0) is 56.4 Å². The van der Waals surface area contributed by atoms with E-state index in [9.17, 15) is 18.0 Å². The number of sulfonamides is 1. The van der Waals surface area contributed by atoms with Crippen LogP contribution in [0.5, 0.6) is 0 Å². The number of benzene rings is 2. The first kappa shape index (κ1) is 30.5. The summed E-state index contributed by atoms with van der Waals surface area (Å²) in [6.07, 6.45) is 6.20. The minimum Gasteiger partial charge on any atom is -0.359 e. The molecule has 2 aliphatic rings. The molecule has 2 heterocycles. The molecule has 43 heavy (non-hydrogen) atoms. The Morgan fingerprint density at radius 3 is 2.47 bits per heavy atom. The zero-order valence-corrected chi connectivity index (χ0v) is 26.3. The van der Waals surface area contributed by atoms with E-state index >= 15 is 0 Å². The number of aliphatic imine (C=N–C) groups is 1. The highest BCUT2D eigenvalue weighted by Gasteiger charge is 2.49. The number of carbonyl (C=O) groups excluding carboxylic acids is 2. The Balaban J connectivity index is 1.53. The van der Waals surface area contributed by atoms with Gasteiger partial charge < -0.3 is 9.42 Å². The summed E-state index contributed by atoms with van der Waals surface area (Å²) < 4.78 is 34.9. The number of aromatic nitrogens is 1. The number of amidine groups is 1. The summed E-state index contributed by atoms with van der Waals surface area (Å²) in [7, 11) is -0.786. The summed E-state index contributed by atoms with van der Waals surface area (Å²) in [6, 6.07) is 11.9. The average Bonchev–Trinajstić information content (AvgIpc) is 3.66. The maximum atomic E-state index is 13.7.